The summed E-state index contributed by atoms with van der Waals surface area (Å²) in [7, 11) is 0. The summed E-state index contributed by atoms with van der Waals surface area (Å²) in [5.74, 6) is 2.28. The maximum atomic E-state index is 11.9. The van der Waals surface area contributed by atoms with Crippen LogP contribution in [0.3, 0.4) is 0 Å². The van der Waals surface area contributed by atoms with Crippen LogP contribution in [-0.4, -0.2) is 34.4 Å². The fraction of sp³-hybridized carbons (Fsp3) is 0.500. The van der Waals surface area contributed by atoms with Crippen LogP contribution in [-0.2, 0) is 6.42 Å². The van der Waals surface area contributed by atoms with E-state index < -0.39 is 0 Å². The molecule has 7 nitrogen and oxygen atoms in total. The van der Waals surface area contributed by atoms with Crippen molar-refractivity contribution >= 4 is 11.7 Å². The molecule has 2 aromatic rings. The highest BCUT2D eigenvalue weighted by atomic mass is 16.5. The lowest BCUT2D eigenvalue weighted by atomic mass is 9.90. The van der Waals surface area contributed by atoms with Gasteiger partial charge in [-0.2, -0.15) is 5.10 Å². The molecule has 0 saturated heterocycles. The summed E-state index contributed by atoms with van der Waals surface area (Å²) in [5.41, 5.74) is 0.738. The Morgan fingerprint density at radius 1 is 1.20 bits per heavy atom. The standard InChI is InChI=1S/C18H25N5O2/c24-18(19-11-10-17-20-13-21-23-17)22-15-6-8-16(9-7-15)25-12-14-4-2-1-3-5-14/h6-9,13-14H,1-5,10-12H2,(H2,19,22,24)(H,20,21,23). The van der Waals surface area contributed by atoms with Crippen molar-refractivity contribution < 1.29 is 9.53 Å². The molecule has 1 fully saturated rings. The van der Waals surface area contributed by atoms with Crippen LogP contribution in [0.5, 0.6) is 5.75 Å². The summed E-state index contributed by atoms with van der Waals surface area (Å²) in [5, 5.41) is 12.1. The van der Waals surface area contributed by atoms with Gasteiger partial charge in [-0.3, -0.25) is 5.10 Å². The van der Waals surface area contributed by atoms with Crippen LogP contribution in [0.25, 0.3) is 0 Å². The van der Waals surface area contributed by atoms with Crippen LogP contribution >= 0.6 is 0 Å². The third kappa shape index (κ3) is 5.77. The van der Waals surface area contributed by atoms with E-state index in [-0.39, 0.29) is 6.03 Å². The summed E-state index contributed by atoms with van der Waals surface area (Å²) in [6.45, 7) is 1.28. The fourth-order valence-electron chi connectivity index (χ4n) is 3.02. The first kappa shape index (κ1) is 17.3. The molecule has 1 saturated carbocycles. The number of hydrogen-bond acceptors (Lipinski definition) is 4. The number of aromatic amines is 1. The number of rotatable bonds is 7. The number of H-pyrrole nitrogens is 1. The van der Waals surface area contributed by atoms with Crippen LogP contribution in [0.15, 0.2) is 30.6 Å². The molecule has 1 aromatic heterocycles. The third-order valence-corrected chi connectivity index (χ3v) is 4.43. The van der Waals surface area contributed by atoms with Crippen LogP contribution in [0.4, 0.5) is 10.5 Å². The van der Waals surface area contributed by atoms with Gasteiger partial charge in [0.15, 0.2) is 0 Å². The fourth-order valence-corrected chi connectivity index (χ4v) is 3.02. The number of ether oxygens (including phenoxy) is 1. The highest BCUT2D eigenvalue weighted by Gasteiger charge is 2.13. The molecule has 7 heteroatoms. The quantitative estimate of drug-likeness (QED) is 0.720. The van der Waals surface area contributed by atoms with Gasteiger partial charge < -0.3 is 15.4 Å². The second-order valence-corrected chi connectivity index (χ2v) is 6.40. The zero-order valence-electron chi connectivity index (χ0n) is 14.3. The van der Waals surface area contributed by atoms with E-state index in [0.29, 0.717) is 18.9 Å². The summed E-state index contributed by atoms with van der Waals surface area (Å²) >= 11 is 0. The maximum absolute atomic E-state index is 11.9. The molecular weight excluding hydrogens is 318 g/mol. The van der Waals surface area contributed by atoms with E-state index in [0.717, 1.165) is 23.9 Å². The highest BCUT2D eigenvalue weighted by molar-refractivity contribution is 5.89. The molecular formula is C18H25N5O2. The number of urea groups is 1. The van der Waals surface area contributed by atoms with E-state index in [1.54, 1.807) is 0 Å². The Morgan fingerprint density at radius 2 is 2.00 bits per heavy atom. The Morgan fingerprint density at radius 3 is 2.72 bits per heavy atom. The maximum Gasteiger partial charge on any atom is 0.319 e. The molecule has 25 heavy (non-hydrogen) atoms. The minimum atomic E-state index is -0.240. The monoisotopic (exact) mass is 343 g/mol. The van der Waals surface area contributed by atoms with Crippen molar-refractivity contribution in [3.05, 3.63) is 36.4 Å². The first-order valence-electron chi connectivity index (χ1n) is 8.91. The Kier molecular flexibility index (Phi) is 6.25. The Hall–Kier alpha value is -2.57. The number of anilines is 1. The lowest BCUT2D eigenvalue weighted by molar-refractivity contribution is 0.209. The van der Waals surface area contributed by atoms with Gasteiger partial charge in [-0.1, -0.05) is 19.3 Å². The van der Waals surface area contributed by atoms with Crippen molar-refractivity contribution in [1.29, 1.82) is 0 Å². The second-order valence-electron chi connectivity index (χ2n) is 6.40. The number of nitrogens with zero attached hydrogens (tertiary/aromatic N) is 2. The summed E-state index contributed by atoms with van der Waals surface area (Å²) in [4.78, 5) is 15.9. The number of benzene rings is 1. The average molecular weight is 343 g/mol. The van der Waals surface area contributed by atoms with E-state index in [1.807, 2.05) is 24.3 Å². The van der Waals surface area contributed by atoms with Crippen molar-refractivity contribution in [3.63, 3.8) is 0 Å². The Labute approximate surface area is 147 Å². The number of carbonyl (C=O) groups excluding carboxylic acids is 1. The van der Waals surface area contributed by atoms with E-state index in [2.05, 4.69) is 25.8 Å². The van der Waals surface area contributed by atoms with Gasteiger partial charge in [0.05, 0.1) is 6.61 Å². The van der Waals surface area contributed by atoms with Crippen LogP contribution in [0.1, 0.15) is 37.9 Å². The Bertz CT molecular complexity index is 636. The lowest BCUT2D eigenvalue weighted by Gasteiger charge is -2.21. The molecule has 3 rings (SSSR count). The largest absolute Gasteiger partial charge is 0.493 e. The molecule has 1 aromatic carbocycles. The molecule has 0 radical (unpaired) electrons. The van der Waals surface area contributed by atoms with Crippen molar-refractivity contribution in [2.24, 2.45) is 5.92 Å². The summed E-state index contributed by atoms with van der Waals surface area (Å²) in [6, 6.07) is 7.26. The Balaban J connectivity index is 1.37. The number of amides is 2. The van der Waals surface area contributed by atoms with E-state index in [4.69, 9.17) is 4.74 Å². The van der Waals surface area contributed by atoms with Crippen molar-refractivity contribution in [1.82, 2.24) is 20.5 Å². The third-order valence-electron chi connectivity index (χ3n) is 4.43. The van der Waals surface area contributed by atoms with Crippen LogP contribution in [0, 0.1) is 5.92 Å². The molecule has 0 aliphatic heterocycles. The zero-order valence-corrected chi connectivity index (χ0v) is 14.3. The van der Waals surface area contributed by atoms with Gasteiger partial charge in [0.25, 0.3) is 0 Å². The molecule has 134 valence electrons. The highest BCUT2D eigenvalue weighted by Crippen LogP contribution is 2.25. The van der Waals surface area contributed by atoms with Crippen molar-refractivity contribution in [2.45, 2.75) is 38.5 Å². The average Bonchev–Trinajstić information content (AvgIpc) is 3.15. The van der Waals surface area contributed by atoms with Gasteiger partial charge >= 0.3 is 6.03 Å². The van der Waals surface area contributed by atoms with Gasteiger partial charge in [-0.15, -0.1) is 0 Å². The van der Waals surface area contributed by atoms with Crippen LogP contribution < -0.4 is 15.4 Å². The van der Waals surface area contributed by atoms with Gasteiger partial charge in [-0.25, -0.2) is 9.78 Å². The van der Waals surface area contributed by atoms with E-state index in [1.165, 1.54) is 38.4 Å². The number of aromatic nitrogens is 3. The summed E-state index contributed by atoms with van der Waals surface area (Å²) in [6.07, 6.45) is 8.61. The topological polar surface area (TPSA) is 91.9 Å². The zero-order chi connectivity index (χ0) is 17.3. The van der Waals surface area contributed by atoms with Gasteiger partial charge in [0.1, 0.15) is 17.9 Å². The first-order valence-corrected chi connectivity index (χ1v) is 8.91. The molecule has 3 N–H and O–H groups in total. The van der Waals surface area contributed by atoms with E-state index in [9.17, 15) is 4.79 Å². The van der Waals surface area contributed by atoms with Gasteiger partial charge in [-0.05, 0) is 43.0 Å². The molecule has 2 amide bonds. The lowest BCUT2D eigenvalue weighted by Crippen LogP contribution is -2.30. The smallest absolute Gasteiger partial charge is 0.319 e. The predicted molar refractivity (Wildman–Crippen MR) is 95.6 cm³/mol. The summed E-state index contributed by atoms with van der Waals surface area (Å²) < 4.78 is 5.87. The predicted octanol–water partition coefficient (Wildman–Crippen LogP) is 3.13. The van der Waals surface area contributed by atoms with Crippen molar-refractivity contribution in [3.8, 4) is 5.75 Å². The molecule has 1 aliphatic rings. The second kappa shape index (κ2) is 9.05. The molecule has 0 unspecified atom stereocenters. The molecule has 1 aliphatic carbocycles. The SMILES string of the molecule is O=C(NCCc1ncn[nH]1)Nc1ccc(OCC2CCCCC2)cc1. The van der Waals surface area contributed by atoms with Crippen molar-refractivity contribution in [2.75, 3.05) is 18.5 Å². The minimum absolute atomic E-state index is 0.240. The van der Waals surface area contributed by atoms with Crippen LogP contribution in [0.2, 0.25) is 0 Å². The van der Waals surface area contributed by atoms with Gasteiger partial charge in [0, 0.05) is 18.7 Å². The molecule has 0 atom stereocenters. The molecule has 0 bridgehead atoms. The number of nitrogens with one attached hydrogen (secondary N) is 3. The number of carbonyl (C=O) groups is 1. The minimum Gasteiger partial charge on any atom is -0.493 e. The van der Waals surface area contributed by atoms with E-state index >= 15 is 0 Å². The number of hydrogen-bond donors (Lipinski definition) is 3. The van der Waals surface area contributed by atoms with Gasteiger partial charge in [0.2, 0.25) is 0 Å². The first-order chi connectivity index (χ1) is 12.3. The molecule has 0 spiro atoms. The molecule has 1 heterocycles. The normalized spacial score (nSPS) is 14.9.